The molecule has 0 aromatic rings. The molecule has 1 atom stereocenters. The molecule has 48 valence electrons. The third-order valence-electron chi connectivity index (χ3n) is 0.974. The van der Waals surface area contributed by atoms with Crippen LogP contribution in [0.5, 0.6) is 0 Å². The van der Waals surface area contributed by atoms with Gasteiger partial charge in [-0.05, 0) is 12.8 Å². The fourth-order valence-electron chi connectivity index (χ4n) is 0.469. The number of Topliss-reactive ketones (excluding diaryl/α,β-unsaturated/α-hetero) is 1. The van der Waals surface area contributed by atoms with Gasteiger partial charge in [-0.2, -0.15) is 0 Å². The Balaban J connectivity index is 3.64. The van der Waals surface area contributed by atoms with Crippen molar-refractivity contribution in [2.45, 2.75) is 26.1 Å². The number of hydrogen-bond donors (Lipinski definition) is 0. The van der Waals surface area contributed by atoms with E-state index in [-0.39, 0.29) is 17.1 Å². The van der Waals surface area contributed by atoms with Crippen molar-refractivity contribution in [3.05, 3.63) is 0 Å². The SMILES string of the molecule is CC(=O)[C@@H](Cl)C(C)C. The van der Waals surface area contributed by atoms with Gasteiger partial charge in [-0.25, -0.2) is 0 Å². The summed E-state index contributed by atoms with van der Waals surface area (Å²) in [5.41, 5.74) is 0. The van der Waals surface area contributed by atoms with E-state index >= 15 is 0 Å². The predicted octanol–water partition coefficient (Wildman–Crippen LogP) is 1.84. The Labute approximate surface area is 55.0 Å². The topological polar surface area (TPSA) is 17.1 Å². The maximum atomic E-state index is 10.5. The van der Waals surface area contributed by atoms with Crippen molar-refractivity contribution >= 4 is 17.4 Å². The van der Waals surface area contributed by atoms with Gasteiger partial charge in [0.05, 0.1) is 5.38 Å². The predicted molar refractivity (Wildman–Crippen MR) is 35.2 cm³/mol. The van der Waals surface area contributed by atoms with E-state index in [0.717, 1.165) is 0 Å². The van der Waals surface area contributed by atoms with E-state index in [4.69, 9.17) is 11.6 Å². The van der Waals surface area contributed by atoms with Crippen LogP contribution in [0.2, 0.25) is 0 Å². The van der Waals surface area contributed by atoms with Crippen molar-refractivity contribution in [1.29, 1.82) is 0 Å². The molecule has 0 aromatic heterocycles. The molecule has 0 radical (unpaired) electrons. The Morgan fingerprint density at radius 3 is 1.88 bits per heavy atom. The molecule has 0 saturated carbocycles. The maximum absolute atomic E-state index is 10.5. The molecule has 0 rings (SSSR count). The second kappa shape index (κ2) is 3.08. The molecule has 2 heteroatoms. The van der Waals surface area contributed by atoms with Crippen LogP contribution in [0.3, 0.4) is 0 Å². The van der Waals surface area contributed by atoms with Crippen LogP contribution in [0.15, 0.2) is 0 Å². The summed E-state index contributed by atoms with van der Waals surface area (Å²) in [4.78, 5) is 10.5. The minimum absolute atomic E-state index is 0.0571. The molecular formula is C6H11ClO. The quantitative estimate of drug-likeness (QED) is 0.527. The summed E-state index contributed by atoms with van der Waals surface area (Å²) in [6.45, 7) is 5.37. The van der Waals surface area contributed by atoms with Crippen LogP contribution in [-0.4, -0.2) is 11.2 Å². The Bertz CT molecular complexity index is 88.5. The highest BCUT2D eigenvalue weighted by Gasteiger charge is 2.13. The molecule has 0 heterocycles. The Hall–Kier alpha value is -0.0400. The van der Waals surface area contributed by atoms with E-state index in [2.05, 4.69) is 0 Å². The second-order valence-corrected chi connectivity index (χ2v) is 2.73. The monoisotopic (exact) mass is 134 g/mol. The van der Waals surface area contributed by atoms with Crippen LogP contribution in [-0.2, 0) is 4.79 Å². The van der Waals surface area contributed by atoms with E-state index in [9.17, 15) is 4.79 Å². The van der Waals surface area contributed by atoms with E-state index in [1.807, 2.05) is 13.8 Å². The van der Waals surface area contributed by atoms with Gasteiger partial charge in [-0.15, -0.1) is 11.6 Å². The standard InChI is InChI=1S/C6H11ClO/c1-4(2)6(7)5(3)8/h4,6H,1-3H3/t6-/m0/s1. The first-order valence-corrected chi connectivity index (χ1v) is 3.14. The lowest BCUT2D eigenvalue weighted by Crippen LogP contribution is -2.16. The van der Waals surface area contributed by atoms with Crippen molar-refractivity contribution in [2.75, 3.05) is 0 Å². The van der Waals surface area contributed by atoms with Crippen LogP contribution < -0.4 is 0 Å². The molecule has 0 bridgehead atoms. The number of hydrogen-bond acceptors (Lipinski definition) is 1. The maximum Gasteiger partial charge on any atom is 0.147 e. The zero-order chi connectivity index (χ0) is 6.73. The molecule has 0 N–H and O–H groups in total. The number of halogens is 1. The van der Waals surface area contributed by atoms with Crippen LogP contribution in [0, 0.1) is 5.92 Å². The minimum atomic E-state index is -0.296. The number of rotatable bonds is 2. The van der Waals surface area contributed by atoms with Crippen LogP contribution in [0.25, 0.3) is 0 Å². The summed E-state index contributed by atoms with van der Waals surface area (Å²) in [6, 6.07) is 0. The Morgan fingerprint density at radius 2 is 1.88 bits per heavy atom. The molecule has 1 nitrogen and oxygen atoms in total. The van der Waals surface area contributed by atoms with Crippen molar-refractivity contribution < 1.29 is 4.79 Å². The first-order chi connectivity index (χ1) is 3.55. The van der Waals surface area contributed by atoms with Gasteiger partial charge in [0.25, 0.3) is 0 Å². The fourth-order valence-corrected chi connectivity index (χ4v) is 0.469. The third kappa shape index (κ3) is 2.31. The van der Waals surface area contributed by atoms with Crippen LogP contribution >= 0.6 is 11.6 Å². The first-order valence-electron chi connectivity index (χ1n) is 2.70. The molecule has 0 amide bonds. The Morgan fingerprint density at radius 1 is 1.50 bits per heavy atom. The highest BCUT2D eigenvalue weighted by molar-refractivity contribution is 6.30. The molecular weight excluding hydrogens is 124 g/mol. The summed E-state index contributed by atoms with van der Waals surface area (Å²) in [5.74, 6) is 0.316. The summed E-state index contributed by atoms with van der Waals surface area (Å²) in [6.07, 6.45) is 0. The van der Waals surface area contributed by atoms with E-state index in [0.29, 0.717) is 0 Å². The fraction of sp³-hybridized carbons (Fsp3) is 0.833. The highest BCUT2D eigenvalue weighted by atomic mass is 35.5. The van der Waals surface area contributed by atoms with Crippen molar-refractivity contribution in [1.82, 2.24) is 0 Å². The van der Waals surface area contributed by atoms with Crippen molar-refractivity contribution in [2.24, 2.45) is 5.92 Å². The molecule has 0 aliphatic carbocycles. The van der Waals surface area contributed by atoms with E-state index in [1.54, 1.807) is 0 Å². The molecule has 0 fully saturated rings. The highest BCUT2D eigenvalue weighted by Crippen LogP contribution is 2.09. The van der Waals surface area contributed by atoms with Crippen molar-refractivity contribution in [3.8, 4) is 0 Å². The third-order valence-corrected chi connectivity index (χ3v) is 1.78. The largest absolute Gasteiger partial charge is 0.298 e. The minimum Gasteiger partial charge on any atom is -0.298 e. The lowest BCUT2D eigenvalue weighted by molar-refractivity contribution is -0.117. The van der Waals surface area contributed by atoms with Gasteiger partial charge < -0.3 is 0 Å². The zero-order valence-corrected chi connectivity index (χ0v) is 6.20. The smallest absolute Gasteiger partial charge is 0.147 e. The van der Waals surface area contributed by atoms with Crippen molar-refractivity contribution in [3.63, 3.8) is 0 Å². The molecule has 8 heavy (non-hydrogen) atoms. The summed E-state index contributed by atoms with van der Waals surface area (Å²) >= 11 is 5.60. The average Bonchev–Trinajstić information content (AvgIpc) is 1.64. The van der Waals surface area contributed by atoms with Gasteiger partial charge in [-0.3, -0.25) is 4.79 Å². The molecule has 0 aliphatic rings. The lowest BCUT2D eigenvalue weighted by Gasteiger charge is -2.07. The molecule has 0 saturated heterocycles. The number of carbonyl (C=O) groups is 1. The van der Waals surface area contributed by atoms with Crippen LogP contribution in [0.1, 0.15) is 20.8 Å². The molecule has 0 unspecified atom stereocenters. The number of alkyl halides is 1. The van der Waals surface area contributed by atoms with Crippen LogP contribution in [0.4, 0.5) is 0 Å². The van der Waals surface area contributed by atoms with E-state index in [1.165, 1.54) is 6.92 Å². The molecule has 0 aliphatic heterocycles. The molecule has 0 spiro atoms. The first kappa shape index (κ1) is 7.96. The summed E-state index contributed by atoms with van der Waals surface area (Å²) in [5, 5.41) is -0.296. The van der Waals surface area contributed by atoms with Gasteiger partial charge in [-0.1, -0.05) is 13.8 Å². The van der Waals surface area contributed by atoms with Gasteiger partial charge in [0.2, 0.25) is 0 Å². The lowest BCUT2D eigenvalue weighted by atomic mass is 10.1. The zero-order valence-electron chi connectivity index (χ0n) is 5.44. The normalized spacial score (nSPS) is 14.1. The van der Waals surface area contributed by atoms with Gasteiger partial charge in [0, 0.05) is 0 Å². The van der Waals surface area contributed by atoms with Gasteiger partial charge >= 0.3 is 0 Å². The van der Waals surface area contributed by atoms with Gasteiger partial charge in [0.15, 0.2) is 0 Å². The molecule has 0 aromatic carbocycles. The Kier molecular flexibility index (Phi) is 3.06. The van der Waals surface area contributed by atoms with E-state index < -0.39 is 0 Å². The summed E-state index contributed by atoms with van der Waals surface area (Å²) < 4.78 is 0. The van der Waals surface area contributed by atoms with Gasteiger partial charge in [0.1, 0.15) is 5.78 Å². The average molecular weight is 135 g/mol. The number of carbonyl (C=O) groups excluding carboxylic acids is 1. The number of ketones is 1. The second-order valence-electron chi connectivity index (χ2n) is 2.26. The summed E-state index contributed by atoms with van der Waals surface area (Å²) in [7, 11) is 0.